The van der Waals surface area contributed by atoms with E-state index in [2.05, 4.69) is 242 Å². The molecule has 0 aliphatic heterocycles. The van der Waals surface area contributed by atoms with E-state index in [0.717, 1.165) is 29.9 Å². The van der Waals surface area contributed by atoms with E-state index in [4.69, 9.17) is 0 Å². The van der Waals surface area contributed by atoms with Gasteiger partial charge in [0.2, 0.25) is 0 Å². The summed E-state index contributed by atoms with van der Waals surface area (Å²) in [6.07, 6.45) is 2.09. The van der Waals surface area contributed by atoms with Crippen LogP contribution >= 0.6 is 0 Å². The molecular weight excluding hydrogens is 797 g/mol. The fourth-order valence-electron chi connectivity index (χ4n) is 12.5. The average molecular weight is 843 g/mol. The Morgan fingerprint density at radius 3 is 1.86 bits per heavy atom. The Kier molecular flexibility index (Phi) is 7.82. The minimum absolute atomic E-state index is 0.0351. The van der Waals surface area contributed by atoms with Gasteiger partial charge in [0.15, 0.2) is 0 Å². The number of anilines is 3. The smallest absolute Gasteiger partial charge is 0.0561 e. The molecule has 0 amide bonds. The molecule has 1 aromatic heterocycles. The van der Waals surface area contributed by atoms with Gasteiger partial charge >= 0.3 is 0 Å². The Morgan fingerprint density at radius 2 is 1.02 bits per heavy atom. The van der Waals surface area contributed by atoms with E-state index in [1.807, 2.05) is 0 Å². The highest BCUT2D eigenvalue weighted by atomic mass is 15.1. The average Bonchev–Trinajstić information content (AvgIpc) is 4.07. The summed E-state index contributed by atoms with van der Waals surface area (Å²) < 4.78 is 2.42. The summed E-state index contributed by atoms with van der Waals surface area (Å²) in [7, 11) is 0. The largest absolute Gasteiger partial charge is 0.310 e. The van der Waals surface area contributed by atoms with Gasteiger partial charge in [0, 0.05) is 44.2 Å². The maximum absolute atomic E-state index is 2.51. The van der Waals surface area contributed by atoms with Gasteiger partial charge in [-0.05, 0) is 145 Å². The zero-order chi connectivity index (χ0) is 43.7. The molecule has 0 fully saturated rings. The molecule has 0 unspecified atom stereocenters. The van der Waals surface area contributed by atoms with E-state index >= 15 is 0 Å². The lowest BCUT2D eigenvalue weighted by atomic mass is 9.75. The summed E-state index contributed by atoms with van der Waals surface area (Å²) in [5.41, 5.74) is 23.3. The van der Waals surface area contributed by atoms with Gasteiger partial charge < -0.3 is 9.47 Å². The van der Waals surface area contributed by atoms with Crippen molar-refractivity contribution in [2.75, 3.05) is 4.90 Å². The third-order valence-electron chi connectivity index (χ3n) is 15.5. The Labute approximate surface area is 385 Å². The van der Waals surface area contributed by atoms with E-state index in [9.17, 15) is 0 Å². The first-order valence-corrected chi connectivity index (χ1v) is 23.4. The molecule has 0 bridgehead atoms. The molecule has 0 radical (unpaired) electrons. The van der Waals surface area contributed by atoms with E-state index < -0.39 is 0 Å². The molecule has 66 heavy (non-hydrogen) atoms. The highest BCUT2D eigenvalue weighted by Crippen LogP contribution is 2.57. The first kappa shape index (κ1) is 37.4. The summed E-state index contributed by atoms with van der Waals surface area (Å²) >= 11 is 0. The summed E-state index contributed by atoms with van der Waals surface area (Å²) in [4.78, 5) is 2.51. The van der Waals surface area contributed by atoms with Crippen molar-refractivity contribution in [2.45, 2.75) is 37.5 Å². The maximum atomic E-state index is 2.51. The Morgan fingerprint density at radius 1 is 0.409 bits per heavy atom. The van der Waals surface area contributed by atoms with Crippen molar-refractivity contribution in [1.29, 1.82) is 0 Å². The number of rotatable bonds is 5. The van der Waals surface area contributed by atoms with Crippen molar-refractivity contribution in [2.24, 2.45) is 0 Å². The first-order chi connectivity index (χ1) is 32.4. The Bertz CT molecular complexity index is 3790. The van der Waals surface area contributed by atoms with Gasteiger partial charge in [0.05, 0.1) is 16.7 Å². The number of hydrogen-bond donors (Lipinski definition) is 0. The molecule has 1 heterocycles. The molecular formula is C64H46N2. The fourth-order valence-corrected chi connectivity index (χ4v) is 12.5. The molecule has 0 N–H and O–H groups in total. The van der Waals surface area contributed by atoms with Crippen molar-refractivity contribution in [3.8, 4) is 39.1 Å². The van der Waals surface area contributed by atoms with Crippen LogP contribution in [0.15, 0.2) is 218 Å². The zero-order valence-corrected chi connectivity index (χ0v) is 37.1. The van der Waals surface area contributed by atoms with Gasteiger partial charge in [-0.1, -0.05) is 172 Å². The highest BCUT2D eigenvalue weighted by Gasteiger charge is 2.47. The molecule has 3 aliphatic carbocycles. The number of para-hydroxylation sites is 2. The monoisotopic (exact) mass is 842 g/mol. The van der Waals surface area contributed by atoms with Crippen molar-refractivity contribution in [1.82, 2.24) is 4.57 Å². The van der Waals surface area contributed by atoms with E-state index in [1.54, 1.807) is 0 Å². The summed E-state index contributed by atoms with van der Waals surface area (Å²) in [5, 5.41) is 4.94. The highest BCUT2D eigenvalue weighted by molar-refractivity contribution is 6.11. The van der Waals surface area contributed by atoms with Crippen LogP contribution in [0.4, 0.5) is 17.1 Å². The maximum Gasteiger partial charge on any atom is 0.0561 e. The van der Waals surface area contributed by atoms with Crippen LogP contribution in [0.25, 0.3) is 71.6 Å². The predicted octanol–water partition coefficient (Wildman–Crippen LogP) is 16.4. The number of aromatic nitrogens is 1. The number of benzene rings is 10. The SMILES string of the molecule is CC1(C)c2ccccc2-c2c(N(c3ccc4cc(-c5ccc6c(c5)C5(Cc7ccccc7C5)c5ccccc5-6)ccc4c3)c3ccc4c5ccccc5n(-c5ccccc5)c4c3)cccc21. The molecule has 2 heteroatoms. The lowest BCUT2D eigenvalue weighted by Gasteiger charge is -2.29. The van der Waals surface area contributed by atoms with Gasteiger partial charge in [-0.3, -0.25) is 0 Å². The van der Waals surface area contributed by atoms with E-state index in [-0.39, 0.29) is 10.8 Å². The number of hydrogen-bond acceptors (Lipinski definition) is 1. The normalized spacial score (nSPS) is 14.6. The molecule has 0 saturated heterocycles. The van der Waals surface area contributed by atoms with Crippen LogP contribution in [-0.2, 0) is 23.7 Å². The topological polar surface area (TPSA) is 8.17 Å². The molecule has 312 valence electrons. The standard InChI is InChI=1S/C64H46N2/c1-63(2)55-22-11-9-21-54(55)62-57(63)24-14-26-60(62)65(49-32-34-53-52-20-10-13-25-59(52)66(61(53)38-49)47-17-4-3-5-18-47)48-31-29-42-35-41(27-28-43(42)36-48)44-30-33-51-50-19-8-12-23-56(50)64(58(51)37-44)39-45-15-6-7-16-46(45)40-64/h3-38H,39-40H2,1-2H3. The minimum atomic E-state index is -0.126. The zero-order valence-electron chi connectivity index (χ0n) is 37.1. The van der Waals surface area contributed by atoms with E-state index in [1.165, 1.54) is 105 Å². The Hall–Kier alpha value is -7.94. The van der Waals surface area contributed by atoms with Gasteiger partial charge in [-0.25, -0.2) is 0 Å². The van der Waals surface area contributed by atoms with Crippen molar-refractivity contribution in [3.63, 3.8) is 0 Å². The molecule has 2 nitrogen and oxygen atoms in total. The van der Waals surface area contributed by atoms with Crippen molar-refractivity contribution in [3.05, 3.63) is 252 Å². The van der Waals surface area contributed by atoms with Gasteiger partial charge in [-0.15, -0.1) is 0 Å². The summed E-state index contributed by atoms with van der Waals surface area (Å²) in [5.74, 6) is 0. The fraction of sp³-hybridized carbons (Fsp3) is 0.0938. The lowest BCUT2D eigenvalue weighted by Crippen LogP contribution is -2.25. The second-order valence-corrected chi connectivity index (χ2v) is 19.4. The van der Waals surface area contributed by atoms with Crippen LogP contribution in [0.3, 0.4) is 0 Å². The molecule has 11 aromatic rings. The van der Waals surface area contributed by atoms with Crippen LogP contribution in [0.5, 0.6) is 0 Å². The van der Waals surface area contributed by atoms with Crippen LogP contribution in [0.2, 0.25) is 0 Å². The molecule has 10 aromatic carbocycles. The lowest BCUT2D eigenvalue weighted by molar-refractivity contribution is 0.564. The second-order valence-electron chi connectivity index (χ2n) is 19.4. The third-order valence-corrected chi connectivity index (χ3v) is 15.5. The van der Waals surface area contributed by atoms with Crippen molar-refractivity contribution >= 4 is 49.6 Å². The first-order valence-electron chi connectivity index (χ1n) is 23.4. The van der Waals surface area contributed by atoms with Crippen LogP contribution in [-0.4, -0.2) is 4.57 Å². The summed E-state index contributed by atoms with van der Waals surface area (Å²) in [6.45, 7) is 4.74. The molecule has 3 aliphatic rings. The van der Waals surface area contributed by atoms with Gasteiger partial charge in [0.1, 0.15) is 0 Å². The minimum Gasteiger partial charge on any atom is -0.310 e. The van der Waals surface area contributed by atoms with Crippen LogP contribution in [0, 0.1) is 0 Å². The molecule has 0 saturated carbocycles. The molecule has 14 rings (SSSR count). The third kappa shape index (κ3) is 5.24. The number of fused-ring (bicyclic) bond motifs is 13. The number of nitrogens with zero attached hydrogens (tertiary/aromatic N) is 2. The van der Waals surface area contributed by atoms with Gasteiger partial charge in [-0.2, -0.15) is 0 Å². The Balaban J connectivity index is 0.929. The van der Waals surface area contributed by atoms with E-state index in [0.29, 0.717) is 0 Å². The molecule has 0 atom stereocenters. The van der Waals surface area contributed by atoms with Crippen molar-refractivity contribution < 1.29 is 0 Å². The predicted molar refractivity (Wildman–Crippen MR) is 276 cm³/mol. The summed E-state index contributed by atoms with van der Waals surface area (Å²) in [6, 6.07) is 82.1. The quantitative estimate of drug-likeness (QED) is 0.168. The van der Waals surface area contributed by atoms with Crippen LogP contribution in [0.1, 0.15) is 47.2 Å². The van der Waals surface area contributed by atoms with Gasteiger partial charge in [0.25, 0.3) is 0 Å². The molecule has 1 spiro atoms. The second kappa shape index (κ2) is 13.8. The van der Waals surface area contributed by atoms with Crippen LogP contribution < -0.4 is 4.90 Å².